The van der Waals surface area contributed by atoms with Crippen LogP contribution >= 0.6 is 0 Å². The summed E-state index contributed by atoms with van der Waals surface area (Å²) >= 11 is 0. The Balaban J connectivity index is 1.92. The minimum atomic E-state index is -0.829. The van der Waals surface area contributed by atoms with Gasteiger partial charge in [-0.15, -0.1) is 0 Å². The van der Waals surface area contributed by atoms with Crippen molar-refractivity contribution in [2.24, 2.45) is 0 Å². The van der Waals surface area contributed by atoms with Gasteiger partial charge >= 0.3 is 0 Å². The van der Waals surface area contributed by atoms with Gasteiger partial charge in [0.15, 0.2) is 0 Å². The van der Waals surface area contributed by atoms with E-state index in [0.717, 1.165) is 12.1 Å². The first-order valence-electron chi connectivity index (χ1n) is 8.53. The average molecular weight is 355 g/mol. The van der Waals surface area contributed by atoms with Crippen molar-refractivity contribution >= 4 is 11.8 Å². The predicted octanol–water partition coefficient (Wildman–Crippen LogP) is 2.20. The van der Waals surface area contributed by atoms with Crippen molar-refractivity contribution in [3.05, 3.63) is 71.0 Å². The lowest BCUT2D eigenvalue weighted by Gasteiger charge is -2.35. The molecule has 2 aromatic carbocycles. The second-order valence-electron chi connectivity index (χ2n) is 6.69. The van der Waals surface area contributed by atoms with Crippen molar-refractivity contribution in [3.63, 3.8) is 0 Å². The average Bonchev–Trinajstić information content (AvgIpc) is 2.60. The largest absolute Gasteiger partial charge is 0.352 e. The Morgan fingerprint density at radius 3 is 2.73 bits per heavy atom. The first-order chi connectivity index (χ1) is 12.5. The van der Waals surface area contributed by atoms with Crippen molar-refractivity contribution in [2.45, 2.75) is 12.6 Å². The number of amides is 2. The Labute approximate surface area is 152 Å². The van der Waals surface area contributed by atoms with Crippen LogP contribution in [0.3, 0.4) is 0 Å². The Hall–Kier alpha value is -2.73. The normalized spacial score (nSPS) is 17.3. The van der Waals surface area contributed by atoms with E-state index in [1.807, 2.05) is 37.2 Å². The smallest absolute Gasteiger partial charge is 0.254 e. The summed E-state index contributed by atoms with van der Waals surface area (Å²) in [6.07, 6.45) is 0. The second kappa shape index (κ2) is 7.66. The molecular formula is C20H22FN3O2. The zero-order valence-corrected chi connectivity index (χ0v) is 14.9. The number of nitrogens with zero attached hydrogens (tertiary/aromatic N) is 2. The highest BCUT2D eigenvalue weighted by atomic mass is 19.1. The summed E-state index contributed by atoms with van der Waals surface area (Å²) in [6, 6.07) is 12.4. The van der Waals surface area contributed by atoms with E-state index in [9.17, 15) is 14.0 Å². The molecule has 2 amide bonds. The van der Waals surface area contributed by atoms with Gasteiger partial charge in [-0.05, 0) is 49.5 Å². The molecule has 1 heterocycles. The maximum atomic E-state index is 13.6. The van der Waals surface area contributed by atoms with E-state index >= 15 is 0 Å². The van der Waals surface area contributed by atoms with E-state index in [1.54, 1.807) is 18.2 Å². The number of hydrogen-bond acceptors (Lipinski definition) is 3. The van der Waals surface area contributed by atoms with Crippen LogP contribution in [0.25, 0.3) is 0 Å². The molecule has 0 spiro atoms. The summed E-state index contributed by atoms with van der Waals surface area (Å²) in [5, 5.41) is 2.76. The molecule has 2 aromatic rings. The highest BCUT2D eigenvalue weighted by Gasteiger charge is 2.35. The highest BCUT2D eigenvalue weighted by molar-refractivity contribution is 5.98. The van der Waals surface area contributed by atoms with E-state index in [-0.39, 0.29) is 11.8 Å². The molecule has 1 unspecified atom stereocenters. The molecule has 5 nitrogen and oxygen atoms in total. The van der Waals surface area contributed by atoms with E-state index < -0.39 is 11.9 Å². The summed E-state index contributed by atoms with van der Waals surface area (Å²) < 4.78 is 13.6. The molecule has 0 aliphatic carbocycles. The fraction of sp³-hybridized carbons (Fsp3) is 0.300. The molecular weight excluding hydrogens is 333 g/mol. The quantitative estimate of drug-likeness (QED) is 0.915. The molecule has 0 bridgehead atoms. The summed E-state index contributed by atoms with van der Waals surface area (Å²) in [5.74, 6) is -0.949. The first kappa shape index (κ1) is 18.1. The van der Waals surface area contributed by atoms with Crippen LogP contribution in [0, 0.1) is 5.82 Å². The van der Waals surface area contributed by atoms with Crippen LogP contribution in [0.1, 0.15) is 27.5 Å². The SMILES string of the molecule is CN(C)Cc1cccc(C(=O)N2CCNC(=O)C2c2cccc(F)c2)c1. The molecule has 26 heavy (non-hydrogen) atoms. The molecule has 0 radical (unpaired) electrons. The van der Waals surface area contributed by atoms with Gasteiger partial charge in [-0.1, -0.05) is 24.3 Å². The number of rotatable bonds is 4. The number of nitrogens with one attached hydrogen (secondary N) is 1. The monoisotopic (exact) mass is 355 g/mol. The molecule has 0 saturated carbocycles. The molecule has 3 rings (SSSR count). The van der Waals surface area contributed by atoms with Gasteiger partial charge in [-0.25, -0.2) is 4.39 Å². The van der Waals surface area contributed by atoms with Gasteiger partial charge in [0.05, 0.1) is 0 Å². The molecule has 1 atom stereocenters. The lowest BCUT2D eigenvalue weighted by atomic mass is 10.0. The fourth-order valence-corrected chi connectivity index (χ4v) is 3.23. The Bertz CT molecular complexity index is 822. The standard InChI is InChI=1S/C20H22FN3O2/c1-23(2)13-14-5-3-7-16(11-14)20(26)24-10-9-22-19(25)18(24)15-6-4-8-17(21)12-15/h3-8,11-12,18H,9-10,13H2,1-2H3,(H,22,25). The van der Waals surface area contributed by atoms with Crippen LogP contribution in [-0.4, -0.2) is 48.8 Å². The second-order valence-corrected chi connectivity index (χ2v) is 6.69. The van der Waals surface area contributed by atoms with Gasteiger partial charge < -0.3 is 15.1 Å². The van der Waals surface area contributed by atoms with Gasteiger partial charge in [0.25, 0.3) is 5.91 Å². The molecule has 1 aliphatic heterocycles. The number of benzene rings is 2. The Morgan fingerprint density at radius 1 is 1.23 bits per heavy atom. The third-order valence-electron chi connectivity index (χ3n) is 4.31. The van der Waals surface area contributed by atoms with Gasteiger partial charge in [0, 0.05) is 25.2 Å². The fourth-order valence-electron chi connectivity index (χ4n) is 3.23. The molecule has 1 fully saturated rings. The lowest BCUT2D eigenvalue weighted by molar-refractivity contribution is -0.128. The van der Waals surface area contributed by atoms with Crippen molar-refractivity contribution in [2.75, 3.05) is 27.2 Å². The topological polar surface area (TPSA) is 52.7 Å². The molecule has 136 valence electrons. The van der Waals surface area contributed by atoms with Gasteiger partial charge in [0.1, 0.15) is 11.9 Å². The summed E-state index contributed by atoms with van der Waals surface area (Å²) in [7, 11) is 3.92. The van der Waals surface area contributed by atoms with E-state index in [2.05, 4.69) is 5.32 Å². The molecule has 1 N–H and O–H groups in total. The Morgan fingerprint density at radius 2 is 2.00 bits per heavy atom. The number of hydrogen-bond donors (Lipinski definition) is 1. The van der Waals surface area contributed by atoms with Gasteiger partial charge in [0.2, 0.25) is 5.91 Å². The number of carbonyl (C=O) groups is 2. The van der Waals surface area contributed by atoms with Crippen LogP contribution in [0.5, 0.6) is 0 Å². The van der Waals surface area contributed by atoms with E-state index in [4.69, 9.17) is 0 Å². The summed E-state index contributed by atoms with van der Waals surface area (Å²) in [4.78, 5) is 29.1. The number of piperazine rings is 1. The third-order valence-corrected chi connectivity index (χ3v) is 4.31. The predicted molar refractivity (Wildman–Crippen MR) is 97.0 cm³/mol. The lowest BCUT2D eigenvalue weighted by Crippen LogP contribution is -2.52. The van der Waals surface area contributed by atoms with Crippen molar-refractivity contribution in [1.29, 1.82) is 0 Å². The third kappa shape index (κ3) is 3.91. The van der Waals surface area contributed by atoms with Gasteiger partial charge in [-0.2, -0.15) is 0 Å². The Kier molecular flexibility index (Phi) is 5.32. The zero-order valence-electron chi connectivity index (χ0n) is 14.9. The van der Waals surface area contributed by atoms with Crippen LogP contribution < -0.4 is 5.32 Å². The van der Waals surface area contributed by atoms with Crippen molar-refractivity contribution < 1.29 is 14.0 Å². The van der Waals surface area contributed by atoms with E-state index in [1.165, 1.54) is 17.0 Å². The number of halogens is 1. The highest BCUT2D eigenvalue weighted by Crippen LogP contribution is 2.26. The molecule has 0 aromatic heterocycles. The summed E-state index contributed by atoms with van der Waals surface area (Å²) in [6.45, 7) is 1.48. The zero-order chi connectivity index (χ0) is 18.7. The van der Waals surface area contributed by atoms with Crippen LogP contribution in [0.2, 0.25) is 0 Å². The molecule has 6 heteroatoms. The van der Waals surface area contributed by atoms with Crippen LogP contribution in [-0.2, 0) is 11.3 Å². The maximum absolute atomic E-state index is 13.6. The van der Waals surface area contributed by atoms with Gasteiger partial charge in [-0.3, -0.25) is 9.59 Å². The van der Waals surface area contributed by atoms with Crippen LogP contribution in [0.4, 0.5) is 4.39 Å². The molecule has 1 saturated heterocycles. The number of carbonyl (C=O) groups excluding carboxylic acids is 2. The van der Waals surface area contributed by atoms with Crippen molar-refractivity contribution in [3.8, 4) is 0 Å². The maximum Gasteiger partial charge on any atom is 0.254 e. The first-order valence-corrected chi connectivity index (χ1v) is 8.53. The molecule has 1 aliphatic rings. The van der Waals surface area contributed by atoms with Crippen LogP contribution in [0.15, 0.2) is 48.5 Å². The minimum Gasteiger partial charge on any atom is -0.352 e. The summed E-state index contributed by atoms with van der Waals surface area (Å²) in [5.41, 5.74) is 2.02. The van der Waals surface area contributed by atoms with Crippen molar-refractivity contribution in [1.82, 2.24) is 15.1 Å². The minimum absolute atomic E-state index is 0.227. The van der Waals surface area contributed by atoms with E-state index in [0.29, 0.717) is 24.2 Å².